The molecule has 2 aromatic rings. The lowest BCUT2D eigenvalue weighted by molar-refractivity contribution is 0.634. The first-order chi connectivity index (χ1) is 9.47. The van der Waals surface area contributed by atoms with Crippen LogP contribution >= 0.6 is 0 Å². The zero-order valence-electron chi connectivity index (χ0n) is 12.5. The van der Waals surface area contributed by atoms with Crippen molar-refractivity contribution in [1.82, 2.24) is 9.78 Å². The fourth-order valence-electron chi connectivity index (χ4n) is 2.21. The Bertz CT molecular complexity index is 639. The largest absolute Gasteiger partial charge is 0.381 e. The van der Waals surface area contributed by atoms with Crippen LogP contribution in [0.4, 0.5) is 5.69 Å². The van der Waals surface area contributed by atoms with Gasteiger partial charge in [0.2, 0.25) is 0 Å². The van der Waals surface area contributed by atoms with E-state index in [4.69, 9.17) is 0 Å². The molecule has 4 heteroatoms. The van der Waals surface area contributed by atoms with E-state index in [9.17, 15) is 4.79 Å². The van der Waals surface area contributed by atoms with Gasteiger partial charge in [-0.1, -0.05) is 18.2 Å². The van der Waals surface area contributed by atoms with Gasteiger partial charge in [-0.3, -0.25) is 4.79 Å². The number of rotatable bonds is 4. The van der Waals surface area contributed by atoms with Crippen molar-refractivity contribution in [2.45, 2.75) is 40.3 Å². The Kier molecular flexibility index (Phi) is 4.23. The average molecular weight is 271 g/mol. The highest BCUT2D eigenvalue weighted by Crippen LogP contribution is 2.14. The highest BCUT2D eigenvalue weighted by Gasteiger charge is 2.06. The molecule has 1 N–H and O–H groups in total. The normalized spacial score (nSPS) is 10.8. The Morgan fingerprint density at radius 1 is 1.25 bits per heavy atom. The van der Waals surface area contributed by atoms with Gasteiger partial charge in [0.05, 0.1) is 18.4 Å². The van der Waals surface area contributed by atoms with Gasteiger partial charge in [-0.05, 0) is 44.4 Å². The van der Waals surface area contributed by atoms with Crippen LogP contribution in [0.1, 0.15) is 30.5 Å². The van der Waals surface area contributed by atoms with Crippen LogP contribution in [0.25, 0.3) is 0 Å². The third-order valence-corrected chi connectivity index (χ3v) is 3.28. The lowest BCUT2D eigenvalue weighted by Crippen LogP contribution is -2.24. The highest BCUT2D eigenvalue weighted by molar-refractivity contribution is 5.40. The molecule has 1 aromatic carbocycles. The predicted molar refractivity (Wildman–Crippen MR) is 82.3 cm³/mol. The first-order valence-corrected chi connectivity index (χ1v) is 6.86. The van der Waals surface area contributed by atoms with Gasteiger partial charge in [-0.25, -0.2) is 4.68 Å². The number of aryl methyl sites for hydroxylation is 2. The molecule has 20 heavy (non-hydrogen) atoms. The molecule has 106 valence electrons. The van der Waals surface area contributed by atoms with Gasteiger partial charge in [0.25, 0.3) is 5.56 Å². The predicted octanol–water partition coefficient (Wildman–Crippen LogP) is 2.73. The fraction of sp³-hybridized carbons (Fsp3) is 0.375. The second kappa shape index (κ2) is 5.90. The number of anilines is 1. The molecule has 2 rings (SSSR count). The Morgan fingerprint density at radius 2 is 1.90 bits per heavy atom. The lowest BCUT2D eigenvalue weighted by atomic mass is 10.0. The minimum absolute atomic E-state index is 0.0849. The van der Waals surface area contributed by atoms with Gasteiger partial charge in [0, 0.05) is 12.1 Å². The molecule has 1 aromatic heterocycles. The Balaban J connectivity index is 2.29. The van der Waals surface area contributed by atoms with Gasteiger partial charge < -0.3 is 5.32 Å². The molecule has 0 amide bonds. The van der Waals surface area contributed by atoms with Crippen molar-refractivity contribution in [3.8, 4) is 0 Å². The van der Waals surface area contributed by atoms with E-state index >= 15 is 0 Å². The number of aromatic nitrogens is 2. The van der Waals surface area contributed by atoms with Crippen LogP contribution in [-0.4, -0.2) is 15.8 Å². The third kappa shape index (κ3) is 3.26. The number of hydrogen-bond donors (Lipinski definition) is 1. The Labute approximate surface area is 119 Å². The van der Waals surface area contributed by atoms with Crippen LogP contribution in [-0.2, 0) is 6.54 Å². The summed E-state index contributed by atoms with van der Waals surface area (Å²) >= 11 is 0. The quantitative estimate of drug-likeness (QED) is 0.930. The van der Waals surface area contributed by atoms with Crippen molar-refractivity contribution in [3.63, 3.8) is 0 Å². The zero-order valence-corrected chi connectivity index (χ0v) is 12.5. The standard InChI is InChI=1S/C16H21N3O/c1-11(2)18-14-8-16(20)19(17-9-14)10-15-12(3)6-5-7-13(15)4/h5-9,11,18H,10H2,1-4H3. The molecular weight excluding hydrogens is 250 g/mol. The molecule has 0 atom stereocenters. The molecular formula is C16H21N3O. The number of benzene rings is 1. The minimum atomic E-state index is -0.0849. The summed E-state index contributed by atoms with van der Waals surface area (Å²) in [5.74, 6) is 0. The SMILES string of the molecule is Cc1cccc(C)c1Cn1ncc(NC(C)C)cc1=O. The van der Waals surface area contributed by atoms with Crippen molar-refractivity contribution in [1.29, 1.82) is 0 Å². The molecule has 0 fully saturated rings. The van der Waals surface area contributed by atoms with Crippen LogP contribution in [0, 0.1) is 13.8 Å². The van der Waals surface area contributed by atoms with Crippen LogP contribution in [0.2, 0.25) is 0 Å². The van der Waals surface area contributed by atoms with Gasteiger partial charge >= 0.3 is 0 Å². The molecule has 4 nitrogen and oxygen atoms in total. The summed E-state index contributed by atoms with van der Waals surface area (Å²) < 4.78 is 1.50. The van der Waals surface area contributed by atoms with E-state index in [-0.39, 0.29) is 11.6 Å². The molecule has 0 aliphatic rings. The van der Waals surface area contributed by atoms with Crippen LogP contribution in [0.15, 0.2) is 35.3 Å². The van der Waals surface area contributed by atoms with E-state index in [1.165, 1.54) is 15.8 Å². The van der Waals surface area contributed by atoms with E-state index in [0.717, 1.165) is 11.3 Å². The molecule has 0 saturated heterocycles. The maximum Gasteiger partial charge on any atom is 0.269 e. The second-order valence-electron chi connectivity index (χ2n) is 5.41. The van der Waals surface area contributed by atoms with Crippen molar-refractivity contribution in [2.75, 3.05) is 5.32 Å². The summed E-state index contributed by atoms with van der Waals surface area (Å²) in [5.41, 5.74) is 4.21. The highest BCUT2D eigenvalue weighted by atomic mass is 16.1. The fourth-order valence-corrected chi connectivity index (χ4v) is 2.21. The summed E-state index contributed by atoms with van der Waals surface area (Å²) in [5, 5.41) is 7.43. The molecule has 1 heterocycles. The van der Waals surface area contributed by atoms with E-state index in [2.05, 4.69) is 36.4 Å². The van der Waals surface area contributed by atoms with Gasteiger partial charge in [-0.2, -0.15) is 5.10 Å². The summed E-state index contributed by atoms with van der Waals surface area (Å²) in [4.78, 5) is 12.1. The van der Waals surface area contributed by atoms with Crippen LogP contribution in [0.5, 0.6) is 0 Å². The van der Waals surface area contributed by atoms with Gasteiger partial charge in [0.1, 0.15) is 0 Å². The molecule has 0 bridgehead atoms. The summed E-state index contributed by atoms with van der Waals surface area (Å²) in [7, 11) is 0. The third-order valence-electron chi connectivity index (χ3n) is 3.28. The number of nitrogens with zero attached hydrogens (tertiary/aromatic N) is 2. The van der Waals surface area contributed by atoms with Gasteiger partial charge in [-0.15, -0.1) is 0 Å². The molecule has 0 aliphatic heterocycles. The van der Waals surface area contributed by atoms with E-state index in [1.807, 2.05) is 19.9 Å². The molecule has 0 radical (unpaired) electrons. The molecule has 0 aliphatic carbocycles. The average Bonchev–Trinajstić information content (AvgIpc) is 2.35. The lowest BCUT2D eigenvalue weighted by Gasteiger charge is -2.12. The van der Waals surface area contributed by atoms with E-state index in [0.29, 0.717) is 6.54 Å². The van der Waals surface area contributed by atoms with Crippen molar-refractivity contribution < 1.29 is 0 Å². The van der Waals surface area contributed by atoms with Crippen LogP contribution in [0.3, 0.4) is 0 Å². The first kappa shape index (κ1) is 14.3. The van der Waals surface area contributed by atoms with Crippen molar-refractivity contribution in [2.24, 2.45) is 0 Å². The molecule has 0 unspecified atom stereocenters. The number of nitrogens with one attached hydrogen (secondary N) is 1. The second-order valence-corrected chi connectivity index (χ2v) is 5.41. The summed E-state index contributed by atoms with van der Waals surface area (Å²) in [6.45, 7) is 8.69. The summed E-state index contributed by atoms with van der Waals surface area (Å²) in [6.07, 6.45) is 1.70. The van der Waals surface area contributed by atoms with Crippen LogP contribution < -0.4 is 10.9 Å². The molecule has 0 saturated carbocycles. The van der Waals surface area contributed by atoms with E-state index < -0.39 is 0 Å². The smallest absolute Gasteiger partial charge is 0.269 e. The van der Waals surface area contributed by atoms with Crippen molar-refractivity contribution in [3.05, 3.63) is 57.5 Å². The summed E-state index contributed by atoms with van der Waals surface area (Å²) in [6, 6.07) is 8.02. The molecule has 0 spiro atoms. The zero-order chi connectivity index (χ0) is 14.7. The Hall–Kier alpha value is -2.10. The maximum absolute atomic E-state index is 12.1. The van der Waals surface area contributed by atoms with E-state index in [1.54, 1.807) is 12.3 Å². The number of hydrogen-bond acceptors (Lipinski definition) is 3. The monoisotopic (exact) mass is 271 g/mol. The topological polar surface area (TPSA) is 46.9 Å². The minimum Gasteiger partial charge on any atom is -0.381 e. The van der Waals surface area contributed by atoms with Crippen molar-refractivity contribution >= 4 is 5.69 Å². The first-order valence-electron chi connectivity index (χ1n) is 6.86. The van der Waals surface area contributed by atoms with Gasteiger partial charge in [0.15, 0.2) is 0 Å². The Morgan fingerprint density at radius 3 is 2.45 bits per heavy atom. The maximum atomic E-state index is 12.1.